The van der Waals surface area contributed by atoms with Crippen LogP contribution in [0.1, 0.15) is 36.3 Å². The van der Waals surface area contributed by atoms with Crippen LogP contribution in [0.5, 0.6) is 0 Å². The Hall–Kier alpha value is -3.61. The number of nitrogen functional groups attached to an aromatic ring is 1. The lowest BCUT2D eigenvalue weighted by Gasteiger charge is -2.34. The van der Waals surface area contributed by atoms with Crippen molar-refractivity contribution >= 4 is 11.8 Å². The molecule has 0 radical (unpaired) electrons. The number of anilines is 1. The third kappa shape index (κ3) is 4.09. The number of nitrogens with one attached hydrogen (secondary N) is 1. The molecule has 1 unspecified atom stereocenters. The van der Waals surface area contributed by atoms with Crippen LogP contribution < -0.4 is 11.1 Å². The van der Waals surface area contributed by atoms with Gasteiger partial charge in [-0.15, -0.1) is 0 Å². The number of rotatable bonds is 3. The van der Waals surface area contributed by atoms with Crippen LogP contribution in [0.3, 0.4) is 0 Å². The third-order valence-electron chi connectivity index (χ3n) is 6.61. The fourth-order valence-corrected chi connectivity index (χ4v) is 4.78. The summed E-state index contributed by atoms with van der Waals surface area (Å²) >= 11 is 0. The van der Waals surface area contributed by atoms with Crippen molar-refractivity contribution < 1.29 is 22.7 Å². The fourth-order valence-electron chi connectivity index (χ4n) is 4.78. The van der Waals surface area contributed by atoms with E-state index in [9.17, 15) is 18.0 Å². The highest BCUT2D eigenvalue weighted by Gasteiger charge is 2.47. The van der Waals surface area contributed by atoms with E-state index in [2.05, 4.69) is 20.5 Å². The number of nitrogens with zero attached hydrogens (tertiary/aromatic N) is 6. The van der Waals surface area contributed by atoms with Gasteiger partial charge in [0.1, 0.15) is 11.4 Å². The number of nitrogens with two attached hydrogens (primary N) is 1. The topological polar surface area (TPSA) is 116 Å². The number of aryl methyl sites for hydroxylation is 1. The van der Waals surface area contributed by atoms with Crippen molar-refractivity contribution in [2.45, 2.75) is 37.7 Å². The Kier molecular flexibility index (Phi) is 5.46. The van der Waals surface area contributed by atoms with Crippen molar-refractivity contribution in [2.75, 3.05) is 25.4 Å². The zero-order chi connectivity index (χ0) is 25.0. The van der Waals surface area contributed by atoms with Gasteiger partial charge in [-0.1, -0.05) is 0 Å². The van der Waals surface area contributed by atoms with E-state index >= 15 is 0 Å². The summed E-state index contributed by atoms with van der Waals surface area (Å²) in [4.78, 5) is 18.4. The number of urea groups is 1. The van der Waals surface area contributed by atoms with E-state index in [0.717, 1.165) is 17.5 Å². The zero-order valence-corrected chi connectivity index (χ0v) is 19.2. The highest BCUT2D eigenvalue weighted by Crippen LogP contribution is 2.41. The molecular formula is C22H25F3N8O2. The van der Waals surface area contributed by atoms with Gasteiger partial charge in [0.05, 0.1) is 48.4 Å². The Morgan fingerprint density at radius 3 is 2.83 bits per heavy atom. The number of carbonyl (C=O) groups excluding carboxylic acids is 1. The second kappa shape index (κ2) is 8.26. The molecule has 0 bridgehead atoms. The number of amides is 2. The van der Waals surface area contributed by atoms with E-state index in [4.69, 9.17) is 10.5 Å². The number of alkyl halides is 3. The number of carbonyl (C=O) groups is 1. The minimum absolute atomic E-state index is 0.209. The van der Waals surface area contributed by atoms with Gasteiger partial charge >= 0.3 is 12.2 Å². The molecule has 13 heteroatoms. The van der Waals surface area contributed by atoms with Crippen LogP contribution in [-0.4, -0.2) is 55.2 Å². The molecule has 1 fully saturated rings. The van der Waals surface area contributed by atoms with Crippen LogP contribution in [0.15, 0.2) is 30.6 Å². The summed E-state index contributed by atoms with van der Waals surface area (Å²) in [6.07, 6.45) is -1.13. The van der Waals surface area contributed by atoms with Gasteiger partial charge in [-0.3, -0.25) is 9.36 Å². The van der Waals surface area contributed by atoms with Gasteiger partial charge in [0.25, 0.3) is 0 Å². The molecule has 2 aliphatic rings. The SMILES string of the molecule is CC(NC(=O)N1CC[C@]2(C1)OCCn1nc(-c3cnc(N)c(C(F)(F)F)c3)cc12)c1ccnn1C. The van der Waals surface area contributed by atoms with E-state index in [1.807, 2.05) is 20.0 Å². The number of ether oxygens (including phenoxy) is 1. The number of hydrogen-bond donors (Lipinski definition) is 2. The first-order valence-corrected chi connectivity index (χ1v) is 11.2. The molecule has 2 atom stereocenters. The van der Waals surface area contributed by atoms with Crippen LogP contribution in [0, 0.1) is 0 Å². The molecule has 5 heterocycles. The summed E-state index contributed by atoms with van der Waals surface area (Å²) in [7, 11) is 1.81. The number of hydrogen-bond acceptors (Lipinski definition) is 6. The van der Waals surface area contributed by atoms with Crippen LogP contribution in [-0.2, 0) is 30.1 Å². The third-order valence-corrected chi connectivity index (χ3v) is 6.61. The highest BCUT2D eigenvalue weighted by atomic mass is 19.4. The predicted molar refractivity (Wildman–Crippen MR) is 119 cm³/mol. The molecule has 1 spiro atoms. The van der Waals surface area contributed by atoms with Gasteiger partial charge in [0.2, 0.25) is 0 Å². The molecule has 2 amide bonds. The average molecular weight is 490 g/mol. The summed E-state index contributed by atoms with van der Waals surface area (Å²) in [5.74, 6) is -0.581. The van der Waals surface area contributed by atoms with Crippen LogP contribution in [0.2, 0.25) is 0 Å². The number of pyridine rings is 1. The minimum Gasteiger partial charge on any atom is -0.383 e. The van der Waals surface area contributed by atoms with Gasteiger partial charge in [-0.05, 0) is 25.1 Å². The summed E-state index contributed by atoms with van der Waals surface area (Å²) in [5.41, 5.74) is 5.80. The predicted octanol–water partition coefficient (Wildman–Crippen LogP) is 2.68. The lowest BCUT2D eigenvalue weighted by Crippen LogP contribution is -2.45. The van der Waals surface area contributed by atoms with Crippen LogP contribution in [0.4, 0.5) is 23.8 Å². The van der Waals surface area contributed by atoms with E-state index in [0.29, 0.717) is 38.4 Å². The Labute approximate surface area is 198 Å². The Bertz CT molecular complexity index is 1270. The van der Waals surface area contributed by atoms with Gasteiger partial charge < -0.3 is 20.7 Å². The maximum atomic E-state index is 13.3. The van der Waals surface area contributed by atoms with Crippen molar-refractivity contribution in [2.24, 2.45) is 7.05 Å². The lowest BCUT2D eigenvalue weighted by molar-refractivity contribution is -0.137. The zero-order valence-electron chi connectivity index (χ0n) is 19.2. The molecule has 0 aliphatic carbocycles. The second-order valence-corrected chi connectivity index (χ2v) is 8.86. The van der Waals surface area contributed by atoms with E-state index in [-0.39, 0.29) is 17.6 Å². The quantitative estimate of drug-likeness (QED) is 0.583. The van der Waals surface area contributed by atoms with Crippen molar-refractivity contribution in [1.82, 2.24) is 34.8 Å². The Morgan fingerprint density at radius 2 is 2.11 bits per heavy atom. The summed E-state index contributed by atoms with van der Waals surface area (Å²) < 4.78 is 49.6. The molecular weight excluding hydrogens is 465 g/mol. The standard InChI is InChI=1S/C22H25F3N8O2/c1-13(17-3-5-28-31(17)2)29-20(34)32-6-4-21(12-32)18-10-16(30-33(18)7-8-35-21)14-9-15(22(23,24)25)19(26)27-11-14/h3,5,9-11,13H,4,6-8,12H2,1-2H3,(H2,26,27)(H,29,34)/t13?,21-/m1/s1. The second-order valence-electron chi connectivity index (χ2n) is 8.86. The van der Waals surface area contributed by atoms with Gasteiger partial charge in [-0.25, -0.2) is 9.78 Å². The van der Waals surface area contributed by atoms with E-state index in [1.165, 1.54) is 6.20 Å². The smallest absolute Gasteiger partial charge is 0.383 e. The lowest BCUT2D eigenvalue weighted by atomic mass is 9.96. The van der Waals surface area contributed by atoms with Crippen molar-refractivity contribution in [1.29, 1.82) is 0 Å². The number of aromatic nitrogens is 5. The molecule has 10 nitrogen and oxygen atoms in total. The largest absolute Gasteiger partial charge is 0.419 e. The molecule has 0 saturated carbocycles. The normalized spacial score (nSPS) is 20.8. The van der Waals surface area contributed by atoms with Gasteiger partial charge in [0, 0.05) is 38.0 Å². The highest BCUT2D eigenvalue weighted by molar-refractivity contribution is 5.75. The first kappa shape index (κ1) is 23.1. The van der Waals surface area contributed by atoms with E-state index < -0.39 is 23.2 Å². The molecule has 3 aromatic heterocycles. The Balaban J connectivity index is 1.38. The molecule has 5 rings (SSSR count). The maximum absolute atomic E-state index is 13.3. The maximum Gasteiger partial charge on any atom is 0.419 e. The monoisotopic (exact) mass is 490 g/mol. The number of likely N-dealkylation sites (tertiary alicyclic amines) is 1. The van der Waals surface area contributed by atoms with Crippen molar-refractivity contribution in [3.63, 3.8) is 0 Å². The van der Waals surface area contributed by atoms with Crippen LogP contribution >= 0.6 is 0 Å². The number of halogens is 3. The molecule has 1 saturated heterocycles. The summed E-state index contributed by atoms with van der Waals surface area (Å²) in [6.45, 7) is 3.48. The molecule has 3 aromatic rings. The van der Waals surface area contributed by atoms with Crippen molar-refractivity contribution in [3.8, 4) is 11.3 Å². The average Bonchev–Trinajstić information content (AvgIpc) is 3.52. The van der Waals surface area contributed by atoms with E-state index in [1.54, 1.807) is 26.5 Å². The molecule has 0 aromatic carbocycles. The summed E-state index contributed by atoms with van der Waals surface area (Å²) in [5, 5.41) is 11.6. The van der Waals surface area contributed by atoms with Crippen LogP contribution in [0.25, 0.3) is 11.3 Å². The fraction of sp³-hybridized carbons (Fsp3) is 0.455. The molecule has 3 N–H and O–H groups in total. The van der Waals surface area contributed by atoms with Crippen molar-refractivity contribution in [3.05, 3.63) is 47.5 Å². The van der Waals surface area contributed by atoms with Gasteiger partial charge in [-0.2, -0.15) is 23.4 Å². The van der Waals surface area contributed by atoms with Gasteiger partial charge in [0.15, 0.2) is 0 Å². The molecule has 186 valence electrons. The first-order chi connectivity index (χ1) is 16.6. The Morgan fingerprint density at radius 1 is 1.31 bits per heavy atom. The summed E-state index contributed by atoms with van der Waals surface area (Å²) in [6, 6.07) is 4.05. The minimum atomic E-state index is -4.62. The molecule has 35 heavy (non-hydrogen) atoms. The molecule has 2 aliphatic heterocycles. The number of fused-ring (bicyclic) bond motifs is 2. The first-order valence-electron chi connectivity index (χ1n) is 11.2.